The third kappa shape index (κ3) is 5.19. The molecule has 2 amide bonds. The van der Waals surface area contributed by atoms with E-state index < -0.39 is 0 Å². The maximum atomic E-state index is 12.5. The molecular weight excluding hydrogens is 422 g/mol. The van der Waals surface area contributed by atoms with Crippen LogP contribution in [-0.4, -0.2) is 58.8 Å². The van der Waals surface area contributed by atoms with Crippen molar-refractivity contribution in [2.45, 2.75) is 11.8 Å². The predicted molar refractivity (Wildman–Crippen MR) is 116 cm³/mol. The van der Waals surface area contributed by atoms with E-state index in [1.165, 1.54) is 28.8 Å². The second-order valence-electron chi connectivity index (χ2n) is 6.61. The number of hydrogen-bond acceptors (Lipinski definition) is 8. The third-order valence-corrected chi connectivity index (χ3v) is 6.34. The minimum atomic E-state index is -0.178. The van der Waals surface area contributed by atoms with Crippen molar-refractivity contribution in [1.82, 2.24) is 20.4 Å². The summed E-state index contributed by atoms with van der Waals surface area (Å²) >= 11 is 2.58. The van der Waals surface area contributed by atoms with E-state index in [0.29, 0.717) is 29.1 Å². The lowest BCUT2D eigenvalue weighted by Crippen LogP contribution is -2.49. The van der Waals surface area contributed by atoms with Crippen LogP contribution in [0.1, 0.15) is 15.6 Å². The van der Waals surface area contributed by atoms with E-state index in [1.54, 1.807) is 6.07 Å². The molecule has 0 bridgehead atoms. The second kappa shape index (κ2) is 9.77. The van der Waals surface area contributed by atoms with E-state index in [-0.39, 0.29) is 24.1 Å². The summed E-state index contributed by atoms with van der Waals surface area (Å²) in [5.41, 5.74) is 1.18. The van der Waals surface area contributed by atoms with Crippen LogP contribution >= 0.6 is 23.1 Å². The molecule has 4 rings (SSSR count). The summed E-state index contributed by atoms with van der Waals surface area (Å²) < 4.78 is 5.51. The van der Waals surface area contributed by atoms with Crippen LogP contribution in [0, 0.1) is 0 Å². The number of amides is 2. The van der Waals surface area contributed by atoms with Gasteiger partial charge in [-0.05, 0) is 23.6 Å². The summed E-state index contributed by atoms with van der Waals surface area (Å²) in [6.45, 7) is 3.17. The van der Waals surface area contributed by atoms with E-state index in [9.17, 15) is 9.59 Å². The first-order chi connectivity index (χ1) is 14.7. The second-order valence-corrected chi connectivity index (χ2v) is 8.49. The van der Waals surface area contributed by atoms with Crippen molar-refractivity contribution >= 4 is 40.6 Å². The number of carbonyl (C=O) groups is 2. The Morgan fingerprint density at radius 3 is 2.60 bits per heavy atom. The van der Waals surface area contributed by atoms with Crippen molar-refractivity contribution < 1.29 is 14.0 Å². The lowest BCUT2D eigenvalue weighted by Gasteiger charge is -2.36. The van der Waals surface area contributed by atoms with Crippen LogP contribution in [0.5, 0.6) is 0 Å². The number of aromatic nitrogens is 2. The number of rotatable bonds is 7. The van der Waals surface area contributed by atoms with E-state index in [4.69, 9.17) is 4.42 Å². The average molecular weight is 444 g/mol. The third-order valence-electron chi connectivity index (χ3n) is 4.67. The lowest BCUT2D eigenvalue weighted by atomic mass is 10.2. The molecule has 156 valence electrons. The molecule has 0 saturated carbocycles. The van der Waals surface area contributed by atoms with E-state index in [1.807, 2.05) is 34.5 Å². The van der Waals surface area contributed by atoms with Gasteiger partial charge in [0.05, 0.1) is 17.2 Å². The van der Waals surface area contributed by atoms with Gasteiger partial charge in [0.1, 0.15) is 0 Å². The SMILES string of the molecule is O=C(NCc1nnc(SCC(=O)N2CCN(c3ccccc3)CC2)o1)c1cccs1. The number of carbonyl (C=O) groups excluding carboxylic acids is 2. The topological polar surface area (TPSA) is 91.6 Å². The Bertz CT molecular complexity index is 970. The molecule has 1 aliphatic heterocycles. The Hall–Kier alpha value is -2.85. The van der Waals surface area contributed by atoms with Crippen molar-refractivity contribution in [3.05, 3.63) is 58.6 Å². The zero-order valence-corrected chi connectivity index (χ0v) is 17.8. The molecule has 1 aromatic carbocycles. The molecule has 3 heterocycles. The Labute approximate surface area is 182 Å². The number of piperazine rings is 1. The van der Waals surface area contributed by atoms with E-state index >= 15 is 0 Å². The number of nitrogens with one attached hydrogen (secondary N) is 1. The number of thiophene rings is 1. The quantitative estimate of drug-likeness (QED) is 0.561. The van der Waals surface area contributed by atoms with Crippen LogP contribution in [0.15, 0.2) is 57.5 Å². The van der Waals surface area contributed by atoms with Crippen LogP contribution in [0.2, 0.25) is 0 Å². The highest BCUT2D eigenvalue weighted by Crippen LogP contribution is 2.19. The van der Waals surface area contributed by atoms with E-state index in [0.717, 1.165) is 13.1 Å². The number of para-hydroxylation sites is 1. The van der Waals surface area contributed by atoms with Gasteiger partial charge in [-0.3, -0.25) is 9.59 Å². The molecule has 8 nitrogen and oxygen atoms in total. The fraction of sp³-hybridized carbons (Fsp3) is 0.300. The standard InChI is InChI=1S/C20H21N5O3S2/c26-18(25-10-8-24(9-11-25)15-5-2-1-3-6-15)14-30-20-23-22-17(28-20)13-21-19(27)16-7-4-12-29-16/h1-7,12H,8-11,13-14H2,(H,21,27). The zero-order valence-electron chi connectivity index (χ0n) is 16.2. The van der Waals surface area contributed by atoms with Crippen LogP contribution in [-0.2, 0) is 11.3 Å². The first kappa shape index (κ1) is 20.4. The molecule has 2 aromatic heterocycles. The van der Waals surface area contributed by atoms with Gasteiger partial charge < -0.3 is 19.5 Å². The summed E-state index contributed by atoms with van der Waals surface area (Å²) in [6.07, 6.45) is 0. The van der Waals surface area contributed by atoms with Gasteiger partial charge in [-0.15, -0.1) is 21.5 Å². The number of nitrogens with zero attached hydrogens (tertiary/aromatic N) is 4. The average Bonchev–Trinajstić information content (AvgIpc) is 3.49. The maximum Gasteiger partial charge on any atom is 0.277 e. The first-order valence-corrected chi connectivity index (χ1v) is 11.4. The smallest absolute Gasteiger partial charge is 0.277 e. The van der Waals surface area contributed by atoms with Gasteiger partial charge in [-0.1, -0.05) is 36.0 Å². The Balaban J connectivity index is 1.20. The Morgan fingerprint density at radius 1 is 1.07 bits per heavy atom. The van der Waals surface area contributed by atoms with Gasteiger partial charge in [-0.2, -0.15) is 0 Å². The molecule has 0 radical (unpaired) electrons. The molecule has 10 heteroatoms. The fourth-order valence-electron chi connectivity index (χ4n) is 3.09. The molecule has 0 atom stereocenters. The minimum absolute atomic E-state index is 0.0541. The van der Waals surface area contributed by atoms with Crippen molar-refractivity contribution in [3.8, 4) is 0 Å². The van der Waals surface area contributed by atoms with Crippen molar-refractivity contribution in [1.29, 1.82) is 0 Å². The number of anilines is 1. The first-order valence-electron chi connectivity index (χ1n) is 9.54. The fourth-order valence-corrected chi connectivity index (χ4v) is 4.41. The van der Waals surface area contributed by atoms with Gasteiger partial charge in [0.2, 0.25) is 11.8 Å². The van der Waals surface area contributed by atoms with Crippen molar-refractivity contribution in [2.75, 3.05) is 36.8 Å². The molecule has 1 N–H and O–H groups in total. The summed E-state index contributed by atoms with van der Waals surface area (Å²) in [6, 6.07) is 13.8. The summed E-state index contributed by atoms with van der Waals surface area (Å²) in [5.74, 6) is 0.432. The predicted octanol–water partition coefficient (Wildman–Crippen LogP) is 2.50. The Morgan fingerprint density at radius 2 is 1.87 bits per heavy atom. The Kier molecular flexibility index (Phi) is 6.65. The molecule has 1 fully saturated rings. The molecule has 1 saturated heterocycles. The molecule has 0 aliphatic carbocycles. The summed E-state index contributed by atoms with van der Waals surface area (Å²) in [5, 5.41) is 12.8. The highest BCUT2D eigenvalue weighted by molar-refractivity contribution is 7.99. The lowest BCUT2D eigenvalue weighted by molar-refractivity contribution is -0.128. The van der Waals surface area contributed by atoms with Gasteiger partial charge in [0.15, 0.2) is 0 Å². The summed E-state index contributed by atoms with van der Waals surface area (Å²) in [7, 11) is 0. The van der Waals surface area contributed by atoms with Crippen LogP contribution in [0.25, 0.3) is 0 Å². The molecule has 0 unspecified atom stereocenters. The normalized spacial score (nSPS) is 14.0. The molecule has 30 heavy (non-hydrogen) atoms. The summed E-state index contributed by atoms with van der Waals surface area (Å²) in [4.78, 5) is 29.2. The monoisotopic (exact) mass is 443 g/mol. The minimum Gasteiger partial charge on any atom is -0.414 e. The van der Waals surface area contributed by atoms with Crippen molar-refractivity contribution in [3.63, 3.8) is 0 Å². The zero-order chi connectivity index (χ0) is 20.8. The largest absolute Gasteiger partial charge is 0.414 e. The molecule has 1 aliphatic rings. The molecular formula is C20H21N5O3S2. The molecule has 3 aromatic rings. The number of thioether (sulfide) groups is 1. The van der Waals surface area contributed by atoms with Crippen LogP contribution in [0.4, 0.5) is 5.69 Å². The number of hydrogen-bond donors (Lipinski definition) is 1. The van der Waals surface area contributed by atoms with Crippen LogP contribution in [0.3, 0.4) is 0 Å². The van der Waals surface area contributed by atoms with Gasteiger partial charge >= 0.3 is 0 Å². The maximum absolute atomic E-state index is 12.5. The van der Waals surface area contributed by atoms with Gasteiger partial charge in [0.25, 0.3) is 11.1 Å². The van der Waals surface area contributed by atoms with Crippen LogP contribution < -0.4 is 10.2 Å². The van der Waals surface area contributed by atoms with E-state index in [2.05, 4.69) is 32.5 Å². The molecule has 0 spiro atoms. The van der Waals surface area contributed by atoms with Gasteiger partial charge in [-0.25, -0.2) is 0 Å². The highest BCUT2D eigenvalue weighted by Gasteiger charge is 2.22. The number of benzene rings is 1. The van der Waals surface area contributed by atoms with Crippen molar-refractivity contribution in [2.24, 2.45) is 0 Å². The van der Waals surface area contributed by atoms with Gasteiger partial charge in [0, 0.05) is 31.9 Å². The highest BCUT2D eigenvalue weighted by atomic mass is 32.2.